The van der Waals surface area contributed by atoms with E-state index < -0.39 is 5.41 Å². The highest BCUT2D eigenvalue weighted by Crippen LogP contribution is 2.57. The van der Waals surface area contributed by atoms with Crippen LogP contribution in [0.4, 0.5) is 0 Å². The van der Waals surface area contributed by atoms with Crippen LogP contribution in [0.3, 0.4) is 0 Å². The molecule has 0 spiro atoms. The zero-order valence-corrected chi connectivity index (χ0v) is 29.1. The van der Waals surface area contributed by atoms with Gasteiger partial charge in [-0.05, 0) is 72.8 Å². The molecule has 0 heterocycles. The van der Waals surface area contributed by atoms with Gasteiger partial charge in [0.1, 0.15) is 0 Å². The Bertz CT molecular complexity index is 1460. The standard InChI is InChI=1S/C22H26N2O2.C16H23NO.ClH/c1-21(2)18-12-11-16(13-22(18,3)14-17(23-4)19(21)25)24(5)20(26)15-9-7-6-8-10-15;1-6-11-7-8-13-15(2,3)14(18)12(17-5)10-16(13,4)9-11;/h6-10,14,16,18H,11-13H2,1-3,5H3;10-11,13H,6-9H2,1-4H3;1H/t16-,18-,22-;11-,13-,16-;/m11./s1. The van der Waals surface area contributed by atoms with E-state index in [0.717, 1.165) is 38.0 Å². The summed E-state index contributed by atoms with van der Waals surface area (Å²) in [6.45, 7) is 29.2. The van der Waals surface area contributed by atoms with Crippen molar-refractivity contribution in [3.05, 3.63) is 82.3 Å². The number of nitrogens with zero attached hydrogens (tertiary/aromatic N) is 3. The van der Waals surface area contributed by atoms with Gasteiger partial charge in [-0.1, -0.05) is 91.7 Å². The second kappa shape index (κ2) is 13.3. The van der Waals surface area contributed by atoms with Gasteiger partial charge in [0.05, 0.1) is 13.1 Å². The van der Waals surface area contributed by atoms with E-state index in [1.54, 1.807) is 0 Å². The molecule has 4 aliphatic rings. The van der Waals surface area contributed by atoms with Crippen LogP contribution in [-0.4, -0.2) is 35.5 Å². The van der Waals surface area contributed by atoms with Crippen molar-refractivity contribution in [2.75, 3.05) is 7.05 Å². The van der Waals surface area contributed by atoms with Crippen LogP contribution < -0.4 is 0 Å². The molecule has 0 N–H and O–H groups in total. The van der Waals surface area contributed by atoms with Gasteiger partial charge in [0.15, 0.2) is 11.6 Å². The van der Waals surface area contributed by atoms with Crippen molar-refractivity contribution in [3.8, 4) is 0 Å². The Kier molecular flexibility index (Phi) is 10.7. The highest BCUT2D eigenvalue weighted by atomic mass is 35.5. The number of hydrogen-bond donors (Lipinski definition) is 0. The average Bonchev–Trinajstić information content (AvgIpc) is 3.00. The Morgan fingerprint density at radius 1 is 0.800 bits per heavy atom. The van der Waals surface area contributed by atoms with Gasteiger partial charge in [-0.25, -0.2) is 9.69 Å². The van der Waals surface area contributed by atoms with E-state index >= 15 is 0 Å². The fraction of sp³-hybridized carbons (Fsp3) is 0.605. The molecule has 0 saturated heterocycles. The zero-order chi connectivity index (χ0) is 32.7. The predicted molar refractivity (Wildman–Crippen MR) is 181 cm³/mol. The Labute approximate surface area is 276 Å². The lowest BCUT2D eigenvalue weighted by atomic mass is 9.51. The molecule has 2 fully saturated rings. The number of halogens is 1. The SMILES string of the molecule is Cl.[C-]#[N+]C1=C[C@@]2(C)C[C@H](CC)CC[C@@H]2C(C)(C)C1=O.[C-]#[N+]C1=C[C@@]2(C)C[C@H](N(C)C(=O)c3ccccc3)CC[C@@H]2C(C)(C)C1=O. The number of Topliss-reactive ketones (excluding diaryl/α,β-unsaturated/α-hetero) is 2. The molecule has 1 aromatic carbocycles. The van der Waals surface area contributed by atoms with Gasteiger partial charge in [-0.3, -0.25) is 4.79 Å². The number of hydrogen-bond acceptors (Lipinski definition) is 3. The summed E-state index contributed by atoms with van der Waals surface area (Å²) in [5.41, 5.74) is 0.209. The zero-order valence-electron chi connectivity index (χ0n) is 28.3. The molecule has 0 aromatic heterocycles. The quantitative estimate of drug-likeness (QED) is 0.313. The first-order valence-electron chi connectivity index (χ1n) is 16.2. The molecule has 7 heteroatoms. The third-order valence-electron chi connectivity index (χ3n) is 11.7. The van der Waals surface area contributed by atoms with E-state index in [0.29, 0.717) is 17.2 Å². The molecule has 6 nitrogen and oxygen atoms in total. The van der Waals surface area contributed by atoms with E-state index in [-0.39, 0.29) is 63.8 Å². The first-order valence-corrected chi connectivity index (χ1v) is 16.2. The van der Waals surface area contributed by atoms with E-state index in [1.807, 2.05) is 82.1 Å². The number of rotatable bonds is 3. The van der Waals surface area contributed by atoms with Crippen molar-refractivity contribution in [3.63, 3.8) is 0 Å². The molecule has 0 radical (unpaired) electrons. The summed E-state index contributed by atoms with van der Waals surface area (Å²) >= 11 is 0. The Morgan fingerprint density at radius 3 is 1.73 bits per heavy atom. The monoisotopic (exact) mass is 631 g/mol. The third-order valence-corrected chi connectivity index (χ3v) is 11.7. The maximum Gasteiger partial charge on any atom is 0.253 e. The van der Waals surface area contributed by atoms with Crippen LogP contribution in [0.25, 0.3) is 9.69 Å². The van der Waals surface area contributed by atoms with Gasteiger partial charge in [0.2, 0.25) is 11.4 Å². The Morgan fingerprint density at radius 2 is 1.27 bits per heavy atom. The Balaban J connectivity index is 0.000000256. The van der Waals surface area contributed by atoms with Gasteiger partial charge in [0.25, 0.3) is 5.91 Å². The highest BCUT2D eigenvalue weighted by Gasteiger charge is 2.54. The summed E-state index contributed by atoms with van der Waals surface area (Å²) in [4.78, 5) is 46.6. The summed E-state index contributed by atoms with van der Waals surface area (Å²) in [6, 6.07) is 9.44. The molecule has 45 heavy (non-hydrogen) atoms. The van der Waals surface area contributed by atoms with Gasteiger partial charge < -0.3 is 14.5 Å². The minimum Gasteiger partial charge on any atom is -0.339 e. The van der Waals surface area contributed by atoms with Gasteiger partial charge in [0, 0.05) is 29.5 Å². The summed E-state index contributed by atoms with van der Waals surface area (Å²) in [6.07, 6.45) is 11.1. The van der Waals surface area contributed by atoms with Crippen LogP contribution in [0, 0.1) is 52.6 Å². The molecular weight excluding hydrogens is 582 g/mol. The lowest BCUT2D eigenvalue weighted by molar-refractivity contribution is -0.132. The smallest absolute Gasteiger partial charge is 0.253 e. The van der Waals surface area contributed by atoms with Crippen molar-refractivity contribution in [1.82, 2.24) is 4.90 Å². The maximum atomic E-state index is 12.8. The minimum absolute atomic E-state index is 0. The van der Waals surface area contributed by atoms with Crippen molar-refractivity contribution < 1.29 is 14.4 Å². The summed E-state index contributed by atoms with van der Waals surface area (Å²) in [5, 5.41) is 0. The minimum atomic E-state index is -0.531. The first kappa shape index (κ1) is 36.3. The first-order chi connectivity index (χ1) is 20.6. The molecule has 0 bridgehead atoms. The fourth-order valence-corrected chi connectivity index (χ4v) is 9.26. The van der Waals surface area contributed by atoms with E-state index in [2.05, 4.69) is 30.5 Å². The van der Waals surface area contributed by atoms with Crippen molar-refractivity contribution >= 4 is 29.9 Å². The number of carbonyl (C=O) groups excluding carboxylic acids is 3. The number of benzene rings is 1. The molecular formula is C38H50ClN3O3. The van der Waals surface area contributed by atoms with Crippen molar-refractivity contribution in [2.45, 2.75) is 99.5 Å². The maximum absolute atomic E-state index is 12.8. The molecule has 5 rings (SSSR count). The highest BCUT2D eigenvalue weighted by molar-refractivity contribution is 6.03. The second-order valence-electron chi connectivity index (χ2n) is 15.3. The molecule has 0 aliphatic heterocycles. The predicted octanol–water partition coefficient (Wildman–Crippen LogP) is 9.00. The van der Waals surface area contributed by atoms with Crippen molar-refractivity contribution in [2.24, 2.45) is 39.4 Å². The molecule has 4 aliphatic carbocycles. The van der Waals surface area contributed by atoms with Crippen LogP contribution in [0.1, 0.15) is 104 Å². The lowest BCUT2D eigenvalue weighted by Gasteiger charge is -2.53. The van der Waals surface area contributed by atoms with Crippen LogP contribution in [-0.2, 0) is 9.59 Å². The van der Waals surface area contributed by atoms with Gasteiger partial charge >= 0.3 is 0 Å². The molecule has 1 aromatic rings. The third kappa shape index (κ3) is 6.55. The largest absolute Gasteiger partial charge is 0.339 e. The number of ketones is 2. The van der Waals surface area contributed by atoms with Crippen LogP contribution >= 0.6 is 12.4 Å². The van der Waals surface area contributed by atoms with Crippen molar-refractivity contribution in [1.29, 1.82) is 0 Å². The fourth-order valence-electron chi connectivity index (χ4n) is 9.26. The number of allylic oxidation sites excluding steroid dienone is 4. The summed E-state index contributed by atoms with van der Waals surface area (Å²) in [7, 11) is 1.86. The average molecular weight is 632 g/mol. The molecule has 0 unspecified atom stereocenters. The van der Waals surface area contributed by atoms with E-state index in [9.17, 15) is 14.4 Å². The summed E-state index contributed by atoms with van der Waals surface area (Å²) < 4.78 is 0. The molecule has 6 atom stereocenters. The van der Waals surface area contributed by atoms with Crippen LogP contribution in [0.5, 0.6) is 0 Å². The second-order valence-corrected chi connectivity index (χ2v) is 15.3. The Hall–Kier alpha value is -3.22. The van der Waals surface area contributed by atoms with E-state index in [1.165, 1.54) is 12.8 Å². The molecule has 242 valence electrons. The van der Waals surface area contributed by atoms with E-state index in [4.69, 9.17) is 13.1 Å². The number of carbonyl (C=O) groups is 3. The lowest BCUT2D eigenvalue weighted by Crippen LogP contribution is -2.53. The van der Waals surface area contributed by atoms with Gasteiger partial charge in [-0.2, -0.15) is 0 Å². The normalized spacial score (nSPS) is 32.8. The molecule has 1 amide bonds. The number of amides is 1. The number of fused-ring (bicyclic) bond motifs is 2. The topological polar surface area (TPSA) is 63.2 Å². The summed E-state index contributed by atoms with van der Waals surface area (Å²) in [5.74, 6) is 1.38. The van der Waals surface area contributed by atoms with Crippen LogP contribution in [0.2, 0.25) is 0 Å². The van der Waals surface area contributed by atoms with Crippen LogP contribution in [0.15, 0.2) is 53.9 Å². The van der Waals surface area contributed by atoms with Gasteiger partial charge in [-0.15, -0.1) is 12.4 Å². The molecule has 2 saturated carbocycles.